The zero-order valence-corrected chi connectivity index (χ0v) is 20.0. The molecule has 32 heavy (non-hydrogen) atoms. The maximum atomic E-state index is 3.62. The van der Waals surface area contributed by atoms with Crippen LogP contribution < -0.4 is 21.2 Å². The van der Waals surface area contributed by atoms with E-state index in [0.717, 1.165) is 0 Å². The van der Waals surface area contributed by atoms with E-state index in [1.54, 1.807) is 0 Å². The van der Waals surface area contributed by atoms with Gasteiger partial charge in [-0.1, -0.05) is 98.8 Å². The fourth-order valence-corrected chi connectivity index (χ4v) is 9.39. The quantitative estimate of drug-likeness (QED) is 0.339. The number of hydrogen-bond donors (Lipinski definition) is 1. The van der Waals surface area contributed by atoms with Crippen LogP contribution in [-0.2, 0) is 0 Å². The van der Waals surface area contributed by atoms with Gasteiger partial charge in [0.05, 0.1) is 5.70 Å². The summed E-state index contributed by atoms with van der Waals surface area (Å²) in [5.41, 5.74) is 2.57. The molecule has 4 aromatic carbocycles. The molecule has 0 amide bonds. The monoisotopic (exact) mass is 436 g/mol. The maximum Gasteiger partial charge on any atom is 0.146 e. The molecule has 160 valence electrons. The normalized spacial score (nSPS) is 12.4. The Labute approximate surface area is 193 Å². The van der Waals surface area contributed by atoms with Crippen molar-refractivity contribution in [3.05, 3.63) is 133 Å². The predicted molar refractivity (Wildman–Crippen MR) is 142 cm³/mol. The van der Waals surface area contributed by atoms with E-state index >= 15 is 0 Å². The minimum Gasteiger partial charge on any atom is -0.388 e. The van der Waals surface area contributed by atoms with E-state index in [0.29, 0.717) is 5.92 Å². The molecule has 4 rings (SSSR count). The number of hydrogen-bond acceptors (Lipinski definition) is 1. The first-order valence-corrected chi connectivity index (χ1v) is 13.0. The first kappa shape index (κ1) is 22.1. The fraction of sp³-hybridized carbons (Fsp3) is 0.133. The van der Waals surface area contributed by atoms with Gasteiger partial charge in [0.25, 0.3) is 0 Å². The summed E-state index contributed by atoms with van der Waals surface area (Å²) in [6.07, 6.45) is 0. The summed E-state index contributed by atoms with van der Waals surface area (Å²) in [5.74, 6) is 0.353. The molecule has 0 aliphatic carbocycles. The highest BCUT2D eigenvalue weighted by molar-refractivity contribution is 8.03. The van der Waals surface area contributed by atoms with Crippen molar-refractivity contribution in [3.63, 3.8) is 0 Å². The largest absolute Gasteiger partial charge is 0.388 e. The maximum absolute atomic E-state index is 3.62. The lowest BCUT2D eigenvalue weighted by Crippen LogP contribution is -2.34. The van der Waals surface area contributed by atoms with E-state index in [9.17, 15) is 0 Å². The Hall–Kier alpha value is -3.15. The molecule has 0 saturated heterocycles. The van der Waals surface area contributed by atoms with Gasteiger partial charge in [-0.3, -0.25) is 0 Å². The van der Waals surface area contributed by atoms with Gasteiger partial charge in [0.15, 0.2) is 0 Å². The molecular weight excluding hydrogens is 405 g/mol. The SMILES string of the molecule is CN/C(=C(\c1ccccc1)[P+](c1ccccc1)(c1ccccc1)c1ccccc1)C(C)C. The smallest absolute Gasteiger partial charge is 0.146 e. The van der Waals surface area contributed by atoms with Gasteiger partial charge in [-0.2, -0.15) is 0 Å². The molecule has 0 unspecified atom stereocenters. The van der Waals surface area contributed by atoms with Crippen LogP contribution in [0.4, 0.5) is 0 Å². The molecule has 0 spiro atoms. The van der Waals surface area contributed by atoms with E-state index in [1.165, 1.54) is 32.5 Å². The number of allylic oxidation sites excluding steroid dienone is 1. The number of rotatable bonds is 7. The van der Waals surface area contributed by atoms with E-state index < -0.39 is 7.26 Å². The number of benzene rings is 4. The average Bonchev–Trinajstić information content (AvgIpc) is 2.86. The lowest BCUT2D eigenvalue weighted by Gasteiger charge is -2.32. The second kappa shape index (κ2) is 9.98. The first-order chi connectivity index (χ1) is 15.7. The van der Waals surface area contributed by atoms with E-state index in [1.807, 2.05) is 0 Å². The molecule has 0 heterocycles. The van der Waals surface area contributed by atoms with Gasteiger partial charge in [0, 0.05) is 12.6 Å². The van der Waals surface area contributed by atoms with Crippen LogP contribution in [0.2, 0.25) is 0 Å². The van der Waals surface area contributed by atoms with Crippen molar-refractivity contribution < 1.29 is 0 Å². The summed E-state index contributed by atoms with van der Waals surface area (Å²) in [4.78, 5) is 0. The summed E-state index contributed by atoms with van der Waals surface area (Å²) >= 11 is 0. The van der Waals surface area contributed by atoms with Crippen molar-refractivity contribution in [1.82, 2.24) is 5.32 Å². The molecule has 0 atom stereocenters. The van der Waals surface area contributed by atoms with Crippen molar-refractivity contribution in [2.75, 3.05) is 7.05 Å². The van der Waals surface area contributed by atoms with E-state index in [4.69, 9.17) is 0 Å². The minimum atomic E-state index is -2.19. The molecule has 0 aliphatic heterocycles. The Morgan fingerprint density at radius 2 is 0.906 bits per heavy atom. The van der Waals surface area contributed by atoms with E-state index in [-0.39, 0.29) is 0 Å². The predicted octanol–water partition coefficient (Wildman–Crippen LogP) is 6.22. The van der Waals surface area contributed by atoms with Gasteiger partial charge < -0.3 is 5.32 Å². The van der Waals surface area contributed by atoms with Gasteiger partial charge in [-0.15, -0.1) is 0 Å². The molecule has 2 heteroatoms. The second-order valence-electron chi connectivity index (χ2n) is 8.21. The van der Waals surface area contributed by atoms with Crippen molar-refractivity contribution >= 4 is 28.5 Å². The summed E-state index contributed by atoms with van der Waals surface area (Å²) in [5, 5.41) is 9.12. The second-order valence-corrected chi connectivity index (χ2v) is 11.5. The summed E-state index contributed by atoms with van der Waals surface area (Å²) in [6, 6.07) is 44.2. The van der Waals surface area contributed by atoms with Gasteiger partial charge in [-0.25, -0.2) is 0 Å². The highest BCUT2D eigenvalue weighted by atomic mass is 31.2. The van der Waals surface area contributed by atoms with Crippen LogP contribution in [0.5, 0.6) is 0 Å². The average molecular weight is 437 g/mol. The van der Waals surface area contributed by atoms with Crippen LogP contribution in [0.15, 0.2) is 127 Å². The first-order valence-electron chi connectivity index (χ1n) is 11.2. The molecule has 0 fully saturated rings. The van der Waals surface area contributed by atoms with Crippen molar-refractivity contribution in [2.45, 2.75) is 13.8 Å². The van der Waals surface area contributed by atoms with Crippen LogP contribution in [0, 0.1) is 5.92 Å². The van der Waals surface area contributed by atoms with Gasteiger partial charge in [0.1, 0.15) is 28.5 Å². The van der Waals surface area contributed by atoms with Crippen LogP contribution in [-0.4, -0.2) is 7.05 Å². The van der Waals surface area contributed by atoms with Crippen molar-refractivity contribution in [2.24, 2.45) is 5.92 Å². The zero-order chi connectivity index (χ0) is 22.4. The molecular formula is C30H31NP+. The van der Waals surface area contributed by atoms with Crippen molar-refractivity contribution in [3.8, 4) is 0 Å². The topological polar surface area (TPSA) is 12.0 Å². The molecule has 0 saturated carbocycles. The highest BCUT2D eigenvalue weighted by Crippen LogP contribution is 2.67. The highest BCUT2D eigenvalue weighted by Gasteiger charge is 2.51. The lowest BCUT2D eigenvalue weighted by molar-refractivity contribution is 0.705. The molecule has 0 aromatic heterocycles. The van der Waals surface area contributed by atoms with Gasteiger partial charge in [0.2, 0.25) is 0 Å². The van der Waals surface area contributed by atoms with Crippen LogP contribution in [0.1, 0.15) is 19.4 Å². The third-order valence-electron chi connectivity index (χ3n) is 5.91. The molecule has 0 radical (unpaired) electrons. The van der Waals surface area contributed by atoms with Crippen LogP contribution in [0.3, 0.4) is 0 Å². The van der Waals surface area contributed by atoms with E-state index in [2.05, 4.69) is 148 Å². The standard InChI is InChI=1S/C30H31NP/c1-24(2)29(31-3)30(25-16-8-4-9-17-25)32(26-18-10-5-11-19-26,27-20-12-6-13-21-27)28-22-14-7-15-23-28/h4-24,31H,1-3H3/q+1/b30-29+. The molecule has 1 N–H and O–H groups in total. The lowest BCUT2D eigenvalue weighted by atomic mass is 10.1. The van der Waals surface area contributed by atoms with Crippen LogP contribution >= 0.6 is 7.26 Å². The van der Waals surface area contributed by atoms with Gasteiger partial charge >= 0.3 is 0 Å². The van der Waals surface area contributed by atoms with Crippen LogP contribution in [0.25, 0.3) is 5.31 Å². The minimum absolute atomic E-state index is 0.353. The molecule has 0 aliphatic rings. The van der Waals surface area contributed by atoms with Crippen molar-refractivity contribution in [1.29, 1.82) is 0 Å². The van der Waals surface area contributed by atoms with Gasteiger partial charge in [-0.05, 0) is 42.3 Å². The number of nitrogens with one attached hydrogen (secondary N) is 1. The summed E-state index contributed by atoms with van der Waals surface area (Å²) in [6.45, 7) is 4.56. The summed E-state index contributed by atoms with van der Waals surface area (Å²) < 4.78 is 0. The zero-order valence-electron chi connectivity index (χ0n) is 19.1. The molecule has 1 nitrogen and oxygen atoms in total. The summed E-state index contributed by atoms with van der Waals surface area (Å²) in [7, 11) is -0.131. The Balaban J connectivity index is 2.25. The fourth-order valence-electron chi connectivity index (χ4n) is 4.60. The molecule has 4 aromatic rings. The third kappa shape index (κ3) is 4.01. The Morgan fingerprint density at radius 1 is 0.562 bits per heavy atom. The Morgan fingerprint density at radius 3 is 1.22 bits per heavy atom. The Bertz CT molecular complexity index is 1050. The third-order valence-corrected chi connectivity index (χ3v) is 10.3. The molecule has 0 bridgehead atoms. The Kier molecular flexibility index (Phi) is 6.88.